The van der Waals surface area contributed by atoms with Crippen LogP contribution in [0.4, 0.5) is 5.69 Å². The van der Waals surface area contributed by atoms with Gasteiger partial charge in [-0.2, -0.15) is 0 Å². The third-order valence-electron chi connectivity index (χ3n) is 12.1. The number of allylic oxidation sites excluding steroid dienone is 2. The van der Waals surface area contributed by atoms with Crippen LogP contribution in [0.1, 0.15) is 104 Å². The van der Waals surface area contributed by atoms with Crippen LogP contribution in [0.2, 0.25) is 0 Å². The molecule has 9 unspecified atom stereocenters. The Morgan fingerprint density at radius 1 is 0.921 bits per heavy atom. The van der Waals surface area contributed by atoms with Crippen LogP contribution in [0.3, 0.4) is 0 Å². The van der Waals surface area contributed by atoms with E-state index in [1.807, 2.05) is 13.8 Å². The van der Waals surface area contributed by atoms with Crippen molar-refractivity contribution in [2.45, 2.75) is 125 Å². The quantitative estimate of drug-likeness (QED) is 0.124. The van der Waals surface area contributed by atoms with Crippen molar-refractivity contribution in [2.24, 2.45) is 23.7 Å². The number of ether oxygens (including phenoxy) is 5. The molecule has 63 heavy (non-hydrogen) atoms. The molecule has 5 bridgehead atoms. The van der Waals surface area contributed by atoms with Crippen molar-refractivity contribution in [3.05, 3.63) is 53.3 Å². The minimum atomic E-state index is -2.03. The van der Waals surface area contributed by atoms with Crippen molar-refractivity contribution in [3.63, 3.8) is 0 Å². The molecule has 0 aromatic heterocycles. The molecular weight excluding hydrogens is 824 g/mol. The van der Waals surface area contributed by atoms with Gasteiger partial charge in [-0.3, -0.25) is 19.2 Å². The van der Waals surface area contributed by atoms with Gasteiger partial charge in [0.25, 0.3) is 17.6 Å². The number of phenols is 2. The monoisotopic (exact) mass is 889 g/mol. The third kappa shape index (κ3) is 12.0. The van der Waals surface area contributed by atoms with E-state index in [1.165, 1.54) is 59.3 Å². The van der Waals surface area contributed by atoms with Crippen LogP contribution in [0.25, 0.3) is 10.8 Å². The summed E-state index contributed by atoms with van der Waals surface area (Å²) in [5.41, 5.74) is 0.0239. The maximum atomic E-state index is 14.6. The summed E-state index contributed by atoms with van der Waals surface area (Å²) in [6.07, 6.45) is 6.96. The van der Waals surface area contributed by atoms with Gasteiger partial charge in [0.1, 0.15) is 23.4 Å². The number of anilines is 1. The standard InChI is InChI=1S/C47H66N2O13.Na/c1-12-14-20-49(21-15-13-2)35(51)24-59-34-23-32-42(55)37-36(34)38-44(30(8)41(37)54)62-47(10,45(38)56)60-22-19-33(58-11)27(5)43(61-31(9)50)29(7)40(53)28(6)39(52)25(3)17-16-18-26(4)46(57)48-32;/h16-19,22-23,25,27-29,33,39-40,43,52-55H,12-15,20-21,24H2,1-11H3,(H,48,57);/q;+1/b17-16+,22-19+,26-18+;. The van der Waals surface area contributed by atoms with E-state index in [2.05, 4.69) is 5.32 Å². The van der Waals surface area contributed by atoms with Gasteiger partial charge in [0, 0.05) is 80.3 Å². The second kappa shape index (κ2) is 23.2. The number of hydrogen-bond donors (Lipinski definition) is 5. The van der Waals surface area contributed by atoms with Crippen LogP contribution in [-0.4, -0.2) is 106 Å². The number of hydrogen-bond acceptors (Lipinski definition) is 13. The Balaban J connectivity index is 0.0000106. The first kappa shape index (κ1) is 53.2. The number of methoxy groups -OCH3 is 1. The van der Waals surface area contributed by atoms with E-state index < -0.39 is 89.6 Å². The predicted octanol–water partition coefficient (Wildman–Crippen LogP) is 3.86. The second-order valence-corrected chi connectivity index (χ2v) is 16.8. The van der Waals surface area contributed by atoms with E-state index in [4.69, 9.17) is 23.7 Å². The van der Waals surface area contributed by atoms with Crippen LogP contribution < -0.4 is 44.3 Å². The average molecular weight is 890 g/mol. The van der Waals surface area contributed by atoms with E-state index in [0.29, 0.717) is 13.1 Å². The van der Waals surface area contributed by atoms with Crippen molar-refractivity contribution in [1.82, 2.24) is 4.90 Å². The number of nitrogens with zero attached hydrogens (tertiary/aromatic N) is 1. The first-order valence-electron chi connectivity index (χ1n) is 21.5. The van der Waals surface area contributed by atoms with E-state index in [0.717, 1.165) is 25.7 Å². The number of amides is 2. The molecule has 2 amide bonds. The number of Topliss-reactive ketones (excluding diaryl/α,β-unsaturated/α-hetero) is 1. The zero-order chi connectivity index (χ0) is 46.2. The summed E-state index contributed by atoms with van der Waals surface area (Å²) in [7, 11) is 1.44. The summed E-state index contributed by atoms with van der Waals surface area (Å²) in [5, 5.41) is 48.7. The summed E-state index contributed by atoms with van der Waals surface area (Å²) >= 11 is 0. The Labute approximate surface area is 393 Å². The molecule has 0 saturated heterocycles. The SMILES string of the molecule is CCCCN(CCCC)C(=O)COc1cc2c(O)c3c(O)c(C)c4c(c13)C(=O)C(C)(O/C=C/C(OC)C(C)C(OC(C)=O)C(C)C(O)C(C)C(O)C(C)/C=C/C=C(\C)C(=O)N2)O4.[Na+]. The number of carbonyl (C=O) groups excluding carboxylic acids is 4. The Morgan fingerprint density at radius 2 is 1.56 bits per heavy atom. The number of esters is 1. The topological polar surface area (TPSA) is 211 Å². The molecular formula is C47H66N2NaO13+. The normalized spacial score (nSPS) is 28.5. The second-order valence-electron chi connectivity index (χ2n) is 16.8. The molecule has 2 aromatic carbocycles. The fourth-order valence-electron chi connectivity index (χ4n) is 8.04. The average Bonchev–Trinajstić information content (AvgIpc) is 3.50. The summed E-state index contributed by atoms with van der Waals surface area (Å²) in [5.74, 6) is -7.91. The van der Waals surface area contributed by atoms with Gasteiger partial charge in [-0.25, -0.2) is 0 Å². The maximum absolute atomic E-state index is 14.6. The molecule has 0 fully saturated rings. The zero-order valence-corrected chi connectivity index (χ0v) is 40.9. The van der Waals surface area contributed by atoms with Crippen molar-refractivity contribution in [1.29, 1.82) is 0 Å². The van der Waals surface area contributed by atoms with E-state index >= 15 is 0 Å². The molecule has 15 nitrogen and oxygen atoms in total. The van der Waals surface area contributed by atoms with Crippen LogP contribution in [-0.2, 0) is 28.6 Å². The molecule has 0 aliphatic carbocycles. The predicted molar refractivity (Wildman–Crippen MR) is 234 cm³/mol. The molecule has 0 spiro atoms. The number of carbonyl (C=O) groups is 4. The van der Waals surface area contributed by atoms with Gasteiger partial charge in [-0.05, 0) is 32.8 Å². The number of unbranched alkanes of at least 4 members (excludes halogenated alkanes) is 2. The number of aliphatic hydroxyl groups is 2. The number of aliphatic hydroxyl groups excluding tert-OH is 2. The number of aromatic hydroxyl groups is 2. The van der Waals surface area contributed by atoms with E-state index in [1.54, 1.807) is 44.7 Å². The largest absolute Gasteiger partial charge is 1.00 e. The van der Waals surface area contributed by atoms with Gasteiger partial charge < -0.3 is 54.3 Å². The number of ketones is 1. The molecule has 0 radical (unpaired) electrons. The minimum absolute atomic E-state index is 0. The summed E-state index contributed by atoms with van der Waals surface area (Å²) < 4.78 is 30.0. The number of fused-ring (bicyclic) bond motifs is 14. The molecule has 0 saturated carbocycles. The number of benzene rings is 2. The number of phenolic OH excluding ortho intramolecular Hbond substituents is 2. The molecule has 16 heteroatoms. The van der Waals surface area contributed by atoms with E-state index in [9.17, 15) is 39.6 Å². The minimum Gasteiger partial charge on any atom is -0.507 e. The Morgan fingerprint density at radius 3 is 2.14 bits per heavy atom. The first-order chi connectivity index (χ1) is 29.2. The zero-order valence-electron chi connectivity index (χ0n) is 38.9. The summed E-state index contributed by atoms with van der Waals surface area (Å²) in [6, 6.07) is 1.29. The Hall–Kier alpha value is -4.12. The summed E-state index contributed by atoms with van der Waals surface area (Å²) in [4.78, 5) is 56.0. The molecule has 342 valence electrons. The fourth-order valence-corrected chi connectivity index (χ4v) is 8.04. The van der Waals surface area contributed by atoms with E-state index in [-0.39, 0.29) is 80.1 Å². The third-order valence-corrected chi connectivity index (χ3v) is 12.1. The maximum Gasteiger partial charge on any atom is 1.00 e. The van der Waals surface area contributed by atoms with Gasteiger partial charge in [0.2, 0.25) is 0 Å². The van der Waals surface area contributed by atoms with Gasteiger partial charge in [0.05, 0.1) is 41.2 Å². The molecule has 3 aliphatic heterocycles. The van der Waals surface area contributed by atoms with Crippen LogP contribution in [0.15, 0.2) is 42.2 Å². The van der Waals surface area contributed by atoms with Gasteiger partial charge in [0.15, 0.2) is 12.4 Å². The van der Waals surface area contributed by atoms with Crippen LogP contribution in [0.5, 0.6) is 23.0 Å². The molecule has 3 aliphatic rings. The van der Waals surface area contributed by atoms with Gasteiger partial charge in [-0.15, -0.1) is 0 Å². The van der Waals surface area contributed by atoms with Gasteiger partial charge in [-0.1, -0.05) is 72.6 Å². The van der Waals surface area contributed by atoms with Crippen LogP contribution >= 0.6 is 0 Å². The summed E-state index contributed by atoms with van der Waals surface area (Å²) in [6.45, 7) is 17.3. The Bertz CT molecular complexity index is 2060. The van der Waals surface area contributed by atoms with Crippen molar-refractivity contribution < 1.29 is 92.8 Å². The van der Waals surface area contributed by atoms with Gasteiger partial charge >= 0.3 is 41.3 Å². The molecule has 5 N–H and O–H groups in total. The molecule has 5 rings (SSSR count). The van der Waals surface area contributed by atoms with Crippen molar-refractivity contribution in [3.8, 4) is 23.0 Å². The molecule has 3 heterocycles. The first-order valence-corrected chi connectivity index (χ1v) is 21.5. The van der Waals surface area contributed by atoms with Crippen LogP contribution in [0, 0.1) is 30.6 Å². The molecule has 2 aromatic rings. The number of rotatable bonds is 11. The Kier molecular flexibility index (Phi) is 19.6. The van der Waals surface area contributed by atoms with Crippen molar-refractivity contribution in [2.75, 3.05) is 32.1 Å². The fraction of sp³-hybridized carbons (Fsp3) is 0.574. The van der Waals surface area contributed by atoms with Crippen molar-refractivity contribution >= 4 is 40.0 Å². The molecule has 9 atom stereocenters. The smallest absolute Gasteiger partial charge is 0.507 e. The number of nitrogens with one attached hydrogen (secondary N) is 1.